The molecule has 136 valence electrons. The lowest BCUT2D eigenvalue weighted by Gasteiger charge is -2.12. The summed E-state index contributed by atoms with van der Waals surface area (Å²) in [4.78, 5) is 0. The van der Waals surface area contributed by atoms with Crippen LogP contribution in [0, 0.1) is 0 Å². The van der Waals surface area contributed by atoms with Crippen molar-refractivity contribution in [2.45, 2.75) is 19.9 Å². The summed E-state index contributed by atoms with van der Waals surface area (Å²) in [5.74, 6) is 1.49. The average molecular weight is 364 g/mol. The highest BCUT2D eigenvalue weighted by molar-refractivity contribution is 7.92. The van der Waals surface area contributed by atoms with Crippen LogP contribution in [-0.4, -0.2) is 28.4 Å². The third-order valence-corrected chi connectivity index (χ3v) is 5.07. The van der Waals surface area contributed by atoms with Crippen LogP contribution in [0.4, 0.5) is 11.4 Å². The van der Waals surface area contributed by atoms with Crippen molar-refractivity contribution in [1.82, 2.24) is 0 Å². The number of hydrogen-bond acceptors (Lipinski definition) is 5. The van der Waals surface area contributed by atoms with Gasteiger partial charge in [-0.1, -0.05) is 13.0 Å². The average Bonchev–Trinajstić information content (AvgIpc) is 2.60. The molecule has 0 amide bonds. The van der Waals surface area contributed by atoms with Crippen molar-refractivity contribution in [1.29, 1.82) is 0 Å². The summed E-state index contributed by atoms with van der Waals surface area (Å²) in [6, 6.07) is 12.9. The molecule has 7 heteroatoms. The number of ether oxygens (including phenoxy) is 2. The van der Waals surface area contributed by atoms with Crippen LogP contribution in [0.25, 0.3) is 0 Å². The highest BCUT2D eigenvalue weighted by Crippen LogP contribution is 2.28. The summed E-state index contributed by atoms with van der Waals surface area (Å²) in [7, 11) is -0.0555. The standard InChI is InChI=1S/C18H24N2O4S/c1-4-11-25(21,22)20-16-8-6-15(7-9-16)19-13-14-5-10-17(23-2)18(12-14)24-3/h5-10,12,19-20H,4,11,13H2,1-3H3. The van der Waals surface area contributed by atoms with Crippen LogP contribution in [-0.2, 0) is 16.6 Å². The molecule has 25 heavy (non-hydrogen) atoms. The van der Waals surface area contributed by atoms with Gasteiger partial charge in [0.1, 0.15) is 0 Å². The zero-order chi connectivity index (χ0) is 18.3. The van der Waals surface area contributed by atoms with Crippen LogP contribution in [0.1, 0.15) is 18.9 Å². The second-order valence-corrected chi connectivity index (χ2v) is 7.38. The van der Waals surface area contributed by atoms with Gasteiger partial charge in [-0.3, -0.25) is 4.72 Å². The molecule has 0 aliphatic rings. The molecule has 0 aliphatic heterocycles. The van der Waals surface area contributed by atoms with Gasteiger partial charge in [-0.25, -0.2) is 8.42 Å². The summed E-state index contributed by atoms with van der Waals surface area (Å²) in [5.41, 5.74) is 2.50. The highest BCUT2D eigenvalue weighted by atomic mass is 32.2. The molecule has 0 aromatic heterocycles. The fourth-order valence-corrected chi connectivity index (χ4v) is 3.48. The van der Waals surface area contributed by atoms with E-state index in [4.69, 9.17) is 9.47 Å². The maximum Gasteiger partial charge on any atom is 0.232 e. The van der Waals surface area contributed by atoms with Crippen molar-refractivity contribution >= 4 is 21.4 Å². The Hall–Kier alpha value is -2.41. The third-order valence-electron chi connectivity index (χ3n) is 3.58. The largest absolute Gasteiger partial charge is 0.493 e. The predicted octanol–water partition coefficient (Wildman–Crippen LogP) is 3.47. The Bertz CT molecular complexity index is 789. The number of rotatable bonds is 9. The number of sulfonamides is 1. The van der Waals surface area contributed by atoms with Gasteiger partial charge >= 0.3 is 0 Å². The van der Waals surface area contributed by atoms with Gasteiger partial charge in [0.15, 0.2) is 11.5 Å². The molecule has 2 aromatic carbocycles. The second kappa shape index (κ2) is 8.62. The first kappa shape index (κ1) is 18.9. The lowest BCUT2D eigenvalue weighted by atomic mass is 10.2. The van der Waals surface area contributed by atoms with E-state index < -0.39 is 10.0 Å². The molecule has 0 heterocycles. The predicted molar refractivity (Wildman–Crippen MR) is 101 cm³/mol. The number of hydrogen-bond donors (Lipinski definition) is 2. The minimum absolute atomic E-state index is 0.117. The van der Waals surface area contributed by atoms with Gasteiger partial charge in [0, 0.05) is 17.9 Å². The molecule has 0 unspecified atom stereocenters. The SMILES string of the molecule is CCCS(=O)(=O)Nc1ccc(NCc2ccc(OC)c(OC)c2)cc1. The van der Waals surface area contributed by atoms with E-state index in [9.17, 15) is 8.42 Å². The van der Waals surface area contributed by atoms with Gasteiger partial charge in [0.05, 0.1) is 20.0 Å². The lowest BCUT2D eigenvalue weighted by Crippen LogP contribution is -2.15. The summed E-state index contributed by atoms with van der Waals surface area (Å²) < 4.78 is 36.6. The smallest absolute Gasteiger partial charge is 0.232 e. The quantitative estimate of drug-likeness (QED) is 0.712. The molecule has 2 aromatic rings. The van der Waals surface area contributed by atoms with Gasteiger partial charge in [0.2, 0.25) is 10.0 Å². The molecular weight excluding hydrogens is 340 g/mol. The van der Waals surface area contributed by atoms with E-state index in [1.54, 1.807) is 26.4 Å². The molecule has 0 radical (unpaired) electrons. The Morgan fingerprint density at radius 3 is 2.16 bits per heavy atom. The Kier molecular flexibility index (Phi) is 6.52. The number of methoxy groups -OCH3 is 2. The Labute approximate surface area is 149 Å². The Morgan fingerprint density at radius 1 is 0.920 bits per heavy atom. The molecule has 0 bridgehead atoms. The van der Waals surface area contributed by atoms with Gasteiger partial charge in [-0.15, -0.1) is 0 Å². The first-order valence-electron chi connectivity index (χ1n) is 8.02. The van der Waals surface area contributed by atoms with Crippen molar-refractivity contribution in [3.8, 4) is 11.5 Å². The zero-order valence-corrected chi connectivity index (χ0v) is 15.5. The van der Waals surface area contributed by atoms with Crippen LogP contribution in [0.3, 0.4) is 0 Å². The molecule has 2 N–H and O–H groups in total. The van der Waals surface area contributed by atoms with Crippen molar-refractivity contribution in [3.05, 3.63) is 48.0 Å². The molecule has 2 rings (SSSR count). The van der Waals surface area contributed by atoms with E-state index in [1.165, 1.54) is 0 Å². The summed E-state index contributed by atoms with van der Waals surface area (Å²) >= 11 is 0. The fourth-order valence-electron chi connectivity index (χ4n) is 2.35. The third kappa shape index (κ3) is 5.56. The summed E-state index contributed by atoms with van der Waals surface area (Å²) in [5, 5.41) is 3.29. The van der Waals surface area contributed by atoms with Gasteiger partial charge in [-0.05, 0) is 48.4 Å². The molecule has 0 saturated carbocycles. The second-order valence-electron chi connectivity index (χ2n) is 5.54. The van der Waals surface area contributed by atoms with Gasteiger partial charge in [0.25, 0.3) is 0 Å². The number of anilines is 2. The normalized spacial score (nSPS) is 11.0. The molecule has 0 aliphatic carbocycles. The van der Waals surface area contributed by atoms with Crippen LogP contribution in [0.5, 0.6) is 11.5 Å². The van der Waals surface area contributed by atoms with Crippen LogP contribution in [0.2, 0.25) is 0 Å². The van der Waals surface area contributed by atoms with Gasteiger partial charge in [-0.2, -0.15) is 0 Å². The van der Waals surface area contributed by atoms with Crippen molar-refractivity contribution in [3.63, 3.8) is 0 Å². The maximum absolute atomic E-state index is 11.8. The molecule has 0 fully saturated rings. The van der Waals surface area contributed by atoms with Crippen LogP contribution in [0.15, 0.2) is 42.5 Å². The van der Waals surface area contributed by atoms with E-state index in [0.717, 1.165) is 11.3 Å². The van der Waals surface area contributed by atoms with E-state index in [0.29, 0.717) is 30.2 Å². The van der Waals surface area contributed by atoms with Crippen molar-refractivity contribution in [2.24, 2.45) is 0 Å². The van der Waals surface area contributed by atoms with E-state index in [2.05, 4.69) is 10.0 Å². The molecule has 6 nitrogen and oxygen atoms in total. The number of nitrogens with one attached hydrogen (secondary N) is 2. The monoisotopic (exact) mass is 364 g/mol. The minimum atomic E-state index is -3.26. The molecular formula is C18H24N2O4S. The highest BCUT2D eigenvalue weighted by Gasteiger charge is 2.08. The summed E-state index contributed by atoms with van der Waals surface area (Å²) in [6.07, 6.45) is 0.584. The van der Waals surface area contributed by atoms with E-state index in [1.807, 2.05) is 37.3 Å². The topological polar surface area (TPSA) is 76.7 Å². The molecule has 0 saturated heterocycles. The van der Waals surface area contributed by atoms with E-state index in [-0.39, 0.29) is 5.75 Å². The van der Waals surface area contributed by atoms with Crippen LogP contribution < -0.4 is 19.5 Å². The van der Waals surface area contributed by atoms with Gasteiger partial charge < -0.3 is 14.8 Å². The number of benzene rings is 2. The lowest BCUT2D eigenvalue weighted by molar-refractivity contribution is 0.354. The minimum Gasteiger partial charge on any atom is -0.493 e. The van der Waals surface area contributed by atoms with Crippen molar-refractivity contribution < 1.29 is 17.9 Å². The molecule has 0 atom stereocenters. The van der Waals surface area contributed by atoms with E-state index >= 15 is 0 Å². The Balaban J connectivity index is 1.98. The fraction of sp³-hybridized carbons (Fsp3) is 0.333. The van der Waals surface area contributed by atoms with Crippen LogP contribution >= 0.6 is 0 Å². The molecule has 0 spiro atoms. The first-order chi connectivity index (χ1) is 12.0. The first-order valence-corrected chi connectivity index (χ1v) is 9.68. The summed E-state index contributed by atoms with van der Waals surface area (Å²) in [6.45, 7) is 2.45. The zero-order valence-electron chi connectivity index (χ0n) is 14.7. The van der Waals surface area contributed by atoms with Crippen molar-refractivity contribution in [2.75, 3.05) is 30.0 Å². The Morgan fingerprint density at radius 2 is 1.56 bits per heavy atom. The maximum atomic E-state index is 11.8.